The summed E-state index contributed by atoms with van der Waals surface area (Å²) in [6.07, 6.45) is 4.73. The van der Waals surface area contributed by atoms with Crippen molar-refractivity contribution in [2.75, 3.05) is 20.7 Å². The van der Waals surface area contributed by atoms with Gasteiger partial charge in [0, 0.05) is 44.8 Å². The first-order valence-electron chi connectivity index (χ1n) is 17.9. The van der Waals surface area contributed by atoms with Gasteiger partial charge in [0.15, 0.2) is 11.8 Å². The zero-order valence-corrected chi connectivity index (χ0v) is 29.5. The molecule has 7 rings (SSSR count). The average molecular weight is 696 g/mol. The van der Waals surface area contributed by atoms with Crippen molar-refractivity contribution in [3.8, 4) is 0 Å². The second kappa shape index (κ2) is 13.0. The van der Waals surface area contributed by atoms with E-state index in [1.54, 1.807) is 40.9 Å². The molecule has 3 aliphatic carbocycles. The van der Waals surface area contributed by atoms with E-state index in [2.05, 4.69) is 5.32 Å². The summed E-state index contributed by atoms with van der Waals surface area (Å²) in [6, 6.07) is 5.66. The number of likely N-dealkylation sites (N-methyl/N-ethyl adjacent to an activating group) is 1. The van der Waals surface area contributed by atoms with Crippen LogP contribution in [0.25, 0.3) is 6.08 Å². The van der Waals surface area contributed by atoms with Gasteiger partial charge in [0.25, 0.3) is 0 Å². The molecular formula is C37H49N3O10. The molecule has 1 aromatic rings. The third kappa shape index (κ3) is 6.47. The lowest BCUT2D eigenvalue weighted by atomic mass is 9.62. The second-order valence-corrected chi connectivity index (χ2v) is 15.9. The molecule has 50 heavy (non-hydrogen) atoms. The van der Waals surface area contributed by atoms with Crippen LogP contribution in [0.4, 0.5) is 0 Å². The quantitative estimate of drug-likeness (QED) is 0.245. The Balaban J connectivity index is 1.16. The van der Waals surface area contributed by atoms with Crippen LogP contribution >= 0.6 is 0 Å². The van der Waals surface area contributed by atoms with Gasteiger partial charge in [-0.25, -0.2) is 0 Å². The number of hydroxylamine groups is 2. The topological polar surface area (TPSA) is 153 Å². The molecule has 3 heterocycles. The number of amides is 2. The van der Waals surface area contributed by atoms with Gasteiger partial charge in [0.2, 0.25) is 11.8 Å². The van der Waals surface area contributed by atoms with Gasteiger partial charge in [0.1, 0.15) is 35.4 Å². The number of ether oxygens (including phenoxy) is 4. The van der Waals surface area contributed by atoms with E-state index in [9.17, 15) is 24.3 Å². The fourth-order valence-corrected chi connectivity index (χ4v) is 8.11. The Morgan fingerprint density at radius 1 is 1.08 bits per heavy atom. The summed E-state index contributed by atoms with van der Waals surface area (Å²) in [5, 5.41) is 14.8. The van der Waals surface area contributed by atoms with Crippen molar-refractivity contribution >= 4 is 29.8 Å². The predicted molar refractivity (Wildman–Crippen MR) is 177 cm³/mol. The summed E-state index contributed by atoms with van der Waals surface area (Å²) in [6.45, 7) is 5.11. The van der Waals surface area contributed by atoms with Crippen molar-refractivity contribution in [3.05, 3.63) is 41.5 Å². The van der Waals surface area contributed by atoms with Crippen molar-refractivity contribution < 1.29 is 48.1 Å². The molecule has 6 fully saturated rings. The Bertz CT molecular complexity index is 1520. The Morgan fingerprint density at radius 2 is 1.74 bits per heavy atom. The van der Waals surface area contributed by atoms with Crippen LogP contribution < -0.4 is 5.32 Å². The molecule has 3 saturated heterocycles. The van der Waals surface area contributed by atoms with Crippen molar-refractivity contribution in [2.24, 2.45) is 17.3 Å². The second-order valence-electron chi connectivity index (χ2n) is 15.9. The molecule has 272 valence electrons. The summed E-state index contributed by atoms with van der Waals surface area (Å²) < 4.78 is 25.2. The molecule has 3 aliphatic heterocycles. The minimum absolute atomic E-state index is 0.00262. The van der Waals surface area contributed by atoms with Crippen LogP contribution in [0.15, 0.2) is 30.3 Å². The van der Waals surface area contributed by atoms with Crippen LogP contribution in [0.1, 0.15) is 76.8 Å². The maximum atomic E-state index is 14.7. The van der Waals surface area contributed by atoms with Gasteiger partial charge in [0.05, 0.1) is 19.2 Å². The molecule has 7 atom stereocenters. The number of hydrogen-bond donors (Lipinski definition) is 2. The number of esters is 2. The summed E-state index contributed by atoms with van der Waals surface area (Å²) in [7, 11) is 3.37. The number of rotatable bonds is 12. The average Bonchev–Trinajstić information content (AvgIpc) is 4.01. The van der Waals surface area contributed by atoms with E-state index >= 15 is 0 Å². The SMILES string of the molecule is CN(C)C(=O)C=Cc1ccc(CN2OC3C4OC(C5CC5)(C5CC5)OC4C4CC3(C(=O)NC(CO)CCC(=O)OC(C)(C)C)C2C(=O)O4)cc1. The van der Waals surface area contributed by atoms with Crippen molar-refractivity contribution in [1.29, 1.82) is 0 Å². The van der Waals surface area contributed by atoms with E-state index in [0.717, 1.165) is 36.8 Å². The summed E-state index contributed by atoms with van der Waals surface area (Å²) in [5.41, 5.74) is -0.414. The number of fused-ring (bicyclic) bond motifs is 4. The zero-order valence-electron chi connectivity index (χ0n) is 29.5. The third-order valence-corrected chi connectivity index (χ3v) is 10.8. The van der Waals surface area contributed by atoms with E-state index in [1.807, 2.05) is 24.3 Å². The molecule has 1 aromatic carbocycles. The summed E-state index contributed by atoms with van der Waals surface area (Å²) >= 11 is 0. The van der Waals surface area contributed by atoms with E-state index in [0.29, 0.717) is 0 Å². The fourth-order valence-electron chi connectivity index (χ4n) is 8.11. The Morgan fingerprint density at radius 3 is 2.34 bits per heavy atom. The molecule has 2 N–H and O–H groups in total. The van der Waals surface area contributed by atoms with Crippen molar-refractivity contribution in [1.82, 2.24) is 15.3 Å². The monoisotopic (exact) mass is 695 g/mol. The first-order chi connectivity index (χ1) is 23.7. The Hall–Kier alpha value is -3.36. The van der Waals surface area contributed by atoms with E-state index in [-0.39, 0.29) is 43.6 Å². The lowest BCUT2D eigenvalue weighted by molar-refractivity contribution is -0.235. The first-order valence-corrected chi connectivity index (χ1v) is 17.9. The van der Waals surface area contributed by atoms with Crippen LogP contribution in [0.2, 0.25) is 0 Å². The van der Waals surface area contributed by atoms with Gasteiger partial charge in [-0.1, -0.05) is 24.3 Å². The largest absolute Gasteiger partial charge is 0.460 e. The van der Waals surface area contributed by atoms with Gasteiger partial charge < -0.3 is 34.3 Å². The molecule has 2 bridgehead atoms. The summed E-state index contributed by atoms with van der Waals surface area (Å²) in [5.74, 6) is -1.87. The molecule has 13 nitrogen and oxygen atoms in total. The van der Waals surface area contributed by atoms with Crippen LogP contribution in [0, 0.1) is 17.3 Å². The number of aliphatic hydroxyl groups is 1. The van der Waals surface area contributed by atoms with Crippen LogP contribution in [-0.4, -0.2) is 107 Å². The highest BCUT2D eigenvalue weighted by molar-refractivity contribution is 5.94. The molecule has 0 spiro atoms. The van der Waals surface area contributed by atoms with E-state index < -0.39 is 77.8 Å². The van der Waals surface area contributed by atoms with Gasteiger partial charge in [-0.2, -0.15) is 5.06 Å². The molecule has 0 aromatic heterocycles. The van der Waals surface area contributed by atoms with Crippen molar-refractivity contribution in [2.45, 2.75) is 120 Å². The minimum Gasteiger partial charge on any atom is -0.460 e. The molecule has 2 amide bonds. The van der Waals surface area contributed by atoms with Crippen LogP contribution in [-0.2, 0) is 49.5 Å². The molecule has 0 radical (unpaired) electrons. The molecule has 3 saturated carbocycles. The van der Waals surface area contributed by atoms with Crippen molar-refractivity contribution in [3.63, 3.8) is 0 Å². The minimum atomic E-state index is -1.40. The van der Waals surface area contributed by atoms with Gasteiger partial charge in [-0.3, -0.25) is 24.0 Å². The van der Waals surface area contributed by atoms with Crippen LogP contribution in [0.5, 0.6) is 0 Å². The highest BCUT2D eigenvalue weighted by atomic mass is 16.8. The standard InChI is InChI=1S/C37H49N3O10/c1-35(2,3)47-28(43)17-15-25(20-41)38-34(45)36-18-26-29-30(49-37(48-29,23-11-12-23)24-13-14-24)32(36)50-40(31(36)33(44)46-26)19-22-8-6-21(7-9-22)10-16-27(42)39(4)5/h6-10,16,23-26,29-32,41H,11-15,17-20H2,1-5H3,(H,38,45). The number of hydrogen-bond acceptors (Lipinski definition) is 11. The lowest BCUT2D eigenvalue weighted by Gasteiger charge is -2.49. The normalized spacial score (nSPS) is 32.0. The number of carbonyl (C=O) groups is 4. The van der Waals surface area contributed by atoms with Gasteiger partial charge >= 0.3 is 11.9 Å². The maximum absolute atomic E-state index is 14.7. The number of aliphatic hydroxyl groups excluding tert-OH is 1. The first kappa shape index (κ1) is 35.1. The van der Waals surface area contributed by atoms with Crippen LogP contribution in [0.3, 0.4) is 0 Å². The lowest BCUT2D eigenvalue weighted by Crippen LogP contribution is -2.70. The number of nitrogens with zero attached hydrogens (tertiary/aromatic N) is 2. The maximum Gasteiger partial charge on any atom is 0.327 e. The molecule has 13 heteroatoms. The van der Waals surface area contributed by atoms with E-state index in [4.69, 9.17) is 23.8 Å². The highest BCUT2D eigenvalue weighted by Gasteiger charge is 2.78. The van der Waals surface area contributed by atoms with E-state index in [1.165, 1.54) is 16.0 Å². The third-order valence-electron chi connectivity index (χ3n) is 10.8. The summed E-state index contributed by atoms with van der Waals surface area (Å²) in [4.78, 5) is 61.3. The van der Waals surface area contributed by atoms with Gasteiger partial charge in [-0.05, 0) is 70.1 Å². The number of nitrogens with one attached hydrogen (secondary N) is 1. The Kier molecular flexibility index (Phi) is 9.12. The van der Waals surface area contributed by atoms with Gasteiger partial charge in [-0.15, -0.1) is 0 Å². The fraction of sp³-hybridized carbons (Fsp3) is 0.676. The zero-order chi connectivity index (χ0) is 35.6. The Labute approximate surface area is 292 Å². The highest BCUT2D eigenvalue weighted by Crippen LogP contribution is 2.63. The molecular weight excluding hydrogens is 646 g/mol. The molecule has 7 unspecified atom stereocenters. The molecule has 6 aliphatic rings. The number of benzene rings is 1. The predicted octanol–water partition coefficient (Wildman–Crippen LogP) is 2.49. The smallest absolute Gasteiger partial charge is 0.327 e. The number of carbonyl (C=O) groups excluding carboxylic acids is 4.